The van der Waals surface area contributed by atoms with Gasteiger partial charge in [-0.3, -0.25) is 38.1 Å². The molecule has 0 aliphatic carbocycles. The van der Waals surface area contributed by atoms with Gasteiger partial charge in [0.1, 0.15) is 24.2 Å². The van der Waals surface area contributed by atoms with E-state index in [1.165, 1.54) is 10.9 Å². The molecule has 22 nitrogen and oxygen atoms in total. The van der Waals surface area contributed by atoms with Crippen LogP contribution in [0, 0.1) is 0 Å². The molecule has 0 radical (unpaired) electrons. The lowest BCUT2D eigenvalue weighted by atomic mass is 10.1. The summed E-state index contributed by atoms with van der Waals surface area (Å²) in [6.45, 7) is 6.06. The van der Waals surface area contributed by atoms with Gasteiger partial charge in [0.05, 0.1) is 77.5 Å². The number of nitrogens with zero attached hydrogens (tertiary/aromatic N) is 3. The highest BCUT2D eigenvalue weighted by Gasteiger charge is 2.37. The van der Waals surface area contributed by atoms with Crippen LogP contribution in [0.1, 0.15) is 56.0 Å². The maximum atomic E-state index is 15.5. The van der Waals surface area contributed by atoms with Gasteiger partial charge in [0.2, 0.25) is 20.8 Å². The van der Waals surface area contributed by atoms with E-state index in [1.54, 1.807) is 27.7 Å². The number of aromatic nitrogens is 4. The molecule has 7 N–H and O–H groups in total. The zero-order valence-corrected chi connectivity index (χ0v) is 47.3. The van der Waals surface area contributed by atoms with Gasteiger partial charge in [-0.15, -0.1) is 0 Å². The van der Waals surface area contributed by atoms with Crippen LogP contribution < -0.4 is 31.6 Å². The van der Waals surface area contributed by atoms with Gasteiger partial charge in [0.25, 0.3) is 5.56 Å². The van der Waals surface area contributed by atoms with Crippen molar-refractivity contribution in [2.24, 2.45) is 0 Å². The number of benzene rings is 4. The number of hydrogen-bond donors (Lipinski definition) is 6. The van der Waals surface area contributed by atoms with Crippen LogP contribution in [-0.4, -0.2) is 133 Å². The first-order valence-electron chi connectivity index (χ1n) is 26.6. The van der Waals surface area contributed by atoms with E-state index >= 15 is 9.13 Å². The average molecular weight is 1140 g/mol. The number of carbonyl (C=O) groups is 4. The third-order valence-corrected chi connectivity index (χ3v) is 17.0. The summed E-state index contributed by atoms with van der Waals surface area (Å²) in [6.07, 6.45) is 1.24. The van der Waals surface area contributed by atoms with Crippen LogP contribution in [0.5, 0.6) is 0 Å². The van der Waals surface area contributed by atoms with Crippen LogP contribution in [-0.2, 0) is 82.4 Å². The van der Waals surface area contributed by atoms with Gasteiger partial charge >= 0.3 is 23.9 Å². The van der Waals surface area contributed by atoms with E-state index in [-0.39, 0.29) is 108 Å². The molecule has 2 heterocycles. The largest absolute Gasteiger partial charge is 0.465 e. The first-order chi connectivity index (χ1) is 38.6. The number of imidazole rings is 1. The minimum absolute atomic E-state index is 0.0290. The fourth-order valence-corrected chi connectivity index (χ4v) is 12.9. The number of carbonyl (C=O) groups excluding carboxylic acids is 4. The van der Waals surface area contributed by atoms with E-state index in [9.17, 15) is 24.0 Å². The van der Waals surface area contributed by atoms with Gasteiger partial charge in [0, 0.05) is 0 Å². The number of esters is 4. The van der Waals surface area contributed by atoms with E-state index in [2.05, 4.69) is 35.3 Å². The second kappa shape index (κ2) is 31.8. The Balaban J connectivity index is 1.28. The Morgan fingerprint density at radius 1 is 0.537 bits per heavy atom. The summed E-state index contributed by atoms with van der Waals surface area (Å²) in [5, 5.41) is 12.2. The van der Waals surface area contributed by atoms with Crippen molar-refractivity contribution in [2.75, 3.05) is 70.9 Å². The summed E-state index contributed by atoms with van der Waals surface area (Å²) in [5.74, 6) is -2.81. The summed E-state index contributed by atoms with van der Waals surface area (Å²) in [5.41, 5.74) is 8.52. The Hall–Kier alpha value is -6.87. The second-order valence-electron chi connectivity index (χ2n) is 18.5. The molecule has 6 aromatic rings. The number of ether oxygens (including phenoxy) is 6. The van der Waals surface area contributed by atoms with E-state index in [0.717, 1.165) is 22.3 Å². The maximum absolute atomic E-state index is 15.5. The quantitative estimate of drug-likeness (QED) is 0.0120. The molecule has 0 amide bonds. The Kier molecular flexibility index (Phi) is 24.8. The molecule has 24 heteroatoms. The first-order valence-corrected chi connectivity index (χ1v) is 30.4. The highest BCUT2D eigenvalue weighted by molar-refractivity contribution is 7.60. The van der Waals surface area contributed by atoms with Gasteiger partial charge in [-0.25, -0.2) is 25.3 Å². The molecule has 4 atom stereocenters. The molecule has 0 saturated carbocycles. The predicted octanol–water partition coefficient (Wildman–Crippen LogP) is 5.72. The molecule has 0 spiro atoms. The predicted molar refractivity (Wildman–Crippen MR) is 303 cm³/mol. The van der Waals surface area contributed by atoms with Crippen LogP contribution in [0.3, 0.4) is 0 Å². The summed E-state index contributed by atoms with van der Waals surface area (Å²) < 4.78 is 66.9. The lowest BCUT2D eigenvalue weighted by molar-refractivity contribution is -0.146. The molecule has 430 valence electrons. The SMILES string of the molecule is CCOC(=O)[C@H](Cc1ccccc1)NP(=O)(CCOCC(COCCP(=O)(N[C@@H](Cc1ccccc1)C(=O)OCC)N[C@@H](Cc1ccccc1)C(=O)OCC)n1cnc2c(=O)[nH]c(N)nc21)N[C@@H](Cc1ccccc1)C(=O)OCC. The number of aromatic amines is 1. The second-order valence-corrected chi connectivity index (χ2v) is 23.4. The van der Waals surface area contributed by atoms with Crippen molar-refractivity contribution >= 4 is 55.9 Å². The highest BCUT2D eigenvalue weighted by Crippen LogP contribution is 2.40. The van der Waals surface area contributed by atoms with Crippen LogP contribution in [0.2, 0.25) is 0 Å². The molecule has 0 bridgehead atoms. The van der Waals surface area contributed by atoms with Crippen molar-refractivity contribution in [3.8, 4) is 0 Å². The van der Waals surface area contributed by atoms with Gasteiger partial charge in [-0.05, 0) is 75.6 Å². The lowest BCUT2D eigenvalue weighted by Gasteiger charge is -2.30. The number of nitrogen functional groups attached to an aromatic ring is 1. The smallest absolute Gasteiger partial charge is 0.323 e. The van der Waals surface area contributed by atoms with Crippen molar-refractivity contribution in [3.63, 3.8) is 0 Å². The summed E-state index contributed by atoms with van der Waals surface area (Å²) >= 11 is 0. The Bertz CT molecular complexity index is 2750. The van der Waals surface area contributed by atoms with Crippen LogP contribution in [0.25, 0.3) is 11.2 Å². The van der Waals surface area contributed by atoms with Crippen molar-refractivity contribution in [2.45, 2.75) is 83.6 Å². The number of hydrogen-bond acceptors (Lipinski definition) is 16. The third kappa shape index (κ3) is 19.4. The monoisotopic (exact) mass is 1140 g/mol. The van der Waals surface area contributed by atoms with E-state index in [1.807, 2.05) is 121 Å². The Morgan fingerprint density at radius 2 is 0.850 bits per heavy atom. The molecule has 6 rings (SSSR count). The van der Waals surface area contributed by atoms with E-state index in [0.29, 0.717) is 0 Å². The van der Waals surface area contributed by atoms with Crippen LogP contribution >= 0.6 is 14.9 Å². The van der Waals surface area contributed by atoms with Crippen molar-refractivity contribution < 1.29 is 56.7 Å². The molecule has 0 fully saturated rings. The molecule has 0 aliphatic heterocycles. The molecule has 80 heavy (non-hydrogen) atoms. The zero-order valence-electron chi connectivity index (χ0n) is 45.5. The normalized spacial score (nSPS) is 13.3. The maximum Gasteiger partial charge on any atom is 0.323 e. The van der Waals surface area contributed by atoms with Crippen LogP contribution in [0.4, 0.5) is 5.95 Å². The number of H-pyrrole nitrogens is 1. The highest BCUT2D eigenvalue weighted by atomic mass is 31.2. The van der Waals surface area contributed by atoms with Gasteiger partial charge in [-0.2, -0.15) is 4.98 Å². The average Bonchev–Trinajstić information content (AvgIpc) is 3.93. The fraction of sp³-hybridized carbons (Fsp3) is 0.411. The Morgan fingerprint density at radius 3 is 1.15 bits per heavy atom. The van der Waals surface area contributed by atoms with Gasteiger partial charge < -0.3 is 38.7 Å². The molecule has 0 unspecified atom stereocenters. The van der Waals surface area contributed by atoms with Gasteiger partial charge in [0.15, 0.2) is 11.2 Å². The number of fused-ring (bicyclic) bond motifs is 1. The van der Waals surface area contributed by atoms with Crippen LogP contribution in [0.15, 0.2) is 132 Å². The summed E-state index contributed by atoms with van der Waals surface area (Å²) in [7, 11) is -8.06. The summed E-state index contributed by atoms with van der Waals surface area (Å²) in [4.78, 5) is 78.6. The number of nitrogens with one attached hydrogen (secondary N) is 5. The molecular formula is C56H73N9O13P2. The first kappa shape index (κ1) is 62.3. The van der Waals surface area contributed by atoms with Crippen molar-refractivity contribution in [1.29, 1.82) is 0 Å². The molecule has 0 aliphatic rings. The van der Waals surface area contributed by atoms with E-state index < -0.39 is 74.5 Å². The zero-order chi connectivity index (χ0) is 57.3. The molecule has 0 saturated heterocycles. The van der Waals surface area contributed by atoms with Crippen molar-refractivity contribution in [1.82, 2.24) is 39.9 Å². The third-order valence-electron chi connectivity index (χ3n) is 12.4. The topological polar surface area (TPSA) is 296 Å². The lowest BCUT2D eigenvalue weighted by Crippen LogP contribution is -2.46. The number of rotatable bonds is 35. The fourth-order valence-electron chi connectivity index (χ4n) is 8.68. The minimum atomic E-state index is -4.03. The van der Waals surface area contributed by atoms with E-state index in [4.69, 9.17) is 34.2 Å². The minimum Gasteiger partial charge on any atom is -0.465 e. The van der Waals surface area contributed by atoms with Gasteiger partial charge in [-0.1, -0.05) is 121 Å². The Labute approximate surface area is 465 Å². The molecule has 2 aromatic heterocycles. The molecular weight excluding hydrogens is 1070 g/mol. The standard InChI is InChI=1S/C56H73N9O13P2/c1-5-75-52(67)45(33-40-21-13-9-14-22-40)61-79(71,62-46(53(68)76-6-2)34-41-23-15-10-16-24-41)31-29-73-37-44(65-39-58-49-50(65)59-56(57)60-51(49)66)38-74-30-32-80(72,63-47(54(69)77-7-3)35-42-25-17-11-18-26-42)64-48(55(70)78-8-4)36-43-27-19-12-20-28-43/h9-28,39,44-48H,5-8,29-38H2,1-4H3,(H2,61,62,71)(H2,63,64,72)(H3,57,59,60,66)/t45-,46-,47-,48-/m0/s1. The number of anilines is 1. The number of nitrogens with two attached hydrogens (primary N) is 1. The van der Waals surface area contributed by atoms with Crippen molar-refractivity contribution in [3.05, 3.63) is 160 Å². The molecule has 4 aromatic carbocycles. The summed E-state index contributed by atoms with van der Waals surface area (Å²) in [6, 6.07) is 31.2.